The van der Waals surface area contributed by atoms with Gasteiger partial charge in [-0.05, 0) is 35.8 Å². The number of pyridine rings is 1. The Kier molecular flexibility index (Phi) is 3.66. The van der Waals surface area contributed by atoms with Gasteiger partial charge in [-0.15, -0.1) is 0 Å². The number of para-hydroxylation sites is 1. The molecule has 0 fully saturated rings. The van der Waals surface area contributed by atoms with Crippen LogP contribution in [0.2, 0.25) is 5.02 Å². The molecule has 22 heavy (non-hydrogen) atoms. The van der Waals surface area contributed by atoms with Crippen LogP contribution in [-0.4, -0.2) is 21.8 Å². The van der Waals surface area contributed by atoms with Gasteiger partial charge in [-0.2, -0.15) is 5.01 Å². The van der Waals surface area contributed by atoms with E-state index in [-0.39, 0.29) is 11.8 Å². The Morgan fingerprint density at radius 1 is 1.18 bits per heavy atom. The van der Waals surface area contributed by atoms with Gasteiger partial charge in [0.25, 0.3) is 11.8 Å². The molecule has 1 aromatic carbocycles. The molecule has 0 atom stereocenters. The van der Waals surface area contributed by atoms with Crippen LogP contribution >= 0.6 is 27.5 Å². The first kappa shape index (κ1) is 15.0. The van der Waals surface area contributed by atoms with E-state index in [2.05, 4.69) is 26.3 Å². The van der Waals surface area contributed by atoms with Gasteiger partial charge in [0, 0.05) is 27.1 Å². The minimum absolute atomic E-state index is 0.327. The number of aromatic nitrogens is 1. The zero-order valence-electron chi connectivity index (χ0n) is 11.8. The van der Waals surface area contributed by atoms with Gasteiger partial charge in [-0.1, -0.05) is 23.7 Å². The maximum Gasteiger partial charge on any atom is 0.275 e. The highest BCUT2D eigenvalue weighted by Gasteiger charge is 2.34. The van der Waals surface area contributed by atoms with Crippen LogP contribution in [0.25, 0.3) is 10.9 Å². The van der Waals surface area contributed by atoms with Crippen molar-refractivity contribution in [3.8, 4) is 0 Å². The first-order chi connectivity index (χ1) is 10.4. The van der Waals surface area contributed by atoms with Gasteiger partial charge in [0.1, 0.15) is 5.82 Å². The van der Waals surface area contributed by atoms with E-state index in [1.54, 1.807) is 19.9 Å². The molecule has 3 rings (SSSR count). The molecule has 0 saturated heterocycles. The number of rotatable bonds is 2. The van der Waals surface area contributed by atoms with E-state index in [0.29, 0.717) is 27.5 Å². The predicted molar refractivity (Wildman–Crippen MR) is 88.3 cm³/mol. The Morgan fingerprint density at radius 2 is 1.82 bits per heavy atom. The molecule has 112 valence electrons. The number of hydrazine groups is 1. The lowest BCUT2D eigenvalue weighted by molar-refractivity contribution is -0.135. The van der Waals surface area contributed by atoms with Crippen molar-refractivity contribution in [2.45, 2.75) is 13.8 Å². The number of nitrogens with zero attached hydrogens (tertiary/aromatic N) is 2. The average molecular weight is 381 g/mol. The number of hydrogen-bond donors (Lipinski definition) is 1. The van der Waals surface area contributed by atoms with E-state index in [1.807, 2.05) is 18.2 Å². The Morgan fingerprint density at radius 3 is 2.45 bits per heavy atom. The molecule has 0 saturated carbocycles. The molecular formula is C15H11BrClN3O2. The molecule has 7 heteroatoms. The SMILES string of the molecule is CC1=C(C)C(=O)N(Nc2cc(Cl)c3cccc(Br)c3n2)C1=O. The molecule has 1 aliphatic rings. The Hall–Kier alpha value is -1.92. The number of carbonyl (C=O) groups excluding carboxylic acids is 2. The van der Waals surface area contributed by atoms with Gasteiger partial charge in [0.15, 0.2) is 0 Å². The van der Waals surface area contributed by atoms with Crippen LogP contribution in [0.5, 0.6) is 0 Å². The zero-order chi connectivity index (χ0) is 16.0. The summed E-state index contributed by atoms with van der Waals surface area (Å²) < 4.78 is 0.778. The molecule has 5 nitrogen and oxygen atoms in total. The number of halogens is 2. The second kappa shape index (κ2) is 5.37. The molecule has 2 aromatic rings. The zero-order valence-corrected chi connectivity index (χ0v) is 14.1. The number of anilines is 1. The first-order valence-corrected chi connectivity index (χ1v) is 7.65. The second-order valence-corrected chi connectivity index (χ2v) is 6.19. The lowest BCUT2D eigenvalue weighted by Gasteiger charge is -2.17. The summed E-state index contributed by atoms with van der Waals surface area (Å²) in [4.78, 5) is 28.5. The van der Waals surface area contributed by atoms with Crippen molar-refractivity contribution in [1.29, 1.82) is 0 Å². The van der Waals surface area contributed by atoms with Crippen LogP contribution in [0, 0.1) is 0 Å². The minimum atomic E-state index is -0.382. The van der Waals surface area contributed by atoms with Crippen LogP contribution in [0.4, 0.5) is 5.82 Å². The second-order valence-electron chi connectivity index (χ2n) is 4.93. The molecule has 2 amide bonds. The third-order valence-corrected chi connectivity index (χ3v) is 4.53. The van der Waals surface area contributed by atoms with E-state index >= 15 is 0 Å². The molecule has 2 heterocycles. The lowest BCUT2D eigenvalue weighted by Crippen LogP contribution is -2.37. The molecular weight excluding hydrogens is 370 g/mol. The van der Waals surface area contributed by atoms with Crippen molar-refractivity contribution in [2.24, 2.45) is 0 Å². The largest absolute Gasteiger partial charge is 0.275 e. The van der Waals surface area contributed by atoms with Crippen LogP contribution in [-0.2, 0) is 9.59 Å². The summed E-state index contributed by atoms with van der Waals surface area (Å²) >= 11 is 9.67. The number of fused-ring (bicyclic) bond motifs is 1. The summed E-state index contributed by atoms with van der Waals surface area (Å²) in [5.41, 5.74) is 4.23. The van der Waals surface area contributed by atoms with Crippen molar-refractivity contribution in [2.75, 3.05) is 5.43 Å². The summed E-state index contributed by atoms with van der Waals surface area (Å²) in [5, 5.41) is 2.21. The summed E-state index contributed by atoms with van der Waals surface area (Å²) in [6, 6.07) is 7.13. The third-order valence-electron chi connectivity index (χ3n) is 3.58. The standard InChI is InChI=1S/C15H11BrClN3O2/c1-7-8(2)15(22)20(14(7)21)19-12-6-11(17)9-4-3-5-10(16)13(9)18-12/h3-6H,1-2H3,(H,18,19). The number of benzene rings is 1. The molecule has 0 aliphatic carbocycles. The van der Waals surface area contributed by atoms with Crippen LogP contribution in [0.1, 0.15) is 13.8 Å². The molecule has 1 aliphatic heterocycles. The fraction of sp³-hybridized carbons (Fsp3) is 0.133. The van der Waals surface area contributed by atoms with Crippen LogP contribution in [0.3, 0.4) is 0 Å². The minimum Gasteiger partial charge on any atom is -0.271 e. The fourth-order valence-corrected chi connectivity index (χ4v) is 2.90. The Bertz CT molecular complexity index is 839. The average Bonchev–Trinajstić information content (AvgIpc) is 2.66. The number of hydrogen-bond acceptors (Lipinski definition) is 4. The number of imide groups is 1. The van der Waals surface area contributed by atoms with Gasteiger partial charge in [0.2, 0.25) is 0 Å². The molecule has 0 bridgehead atoms. The van der Waals surface area contributed by atoms with Gasteiger partial charge in [-0.3, -0.25) is 15.0 Å². The van der Waals surface area contributed by atoms with E-state index in [9.17, 15) is 9.59 Å². The van der Waals surface area contributed by atoms with Crippen molar-refractivity contribution >= 4 is 56.1 Å². The molecule has 0 spiro atoms. The van der Waals surface area contributed by atoms with E-state index in [1.165, 1.54) is 0 Å². The fourth-order valence-electron chi connectivity index (χ4n) is 2.19. The summed E-state index contributed by atoms with van der Waals surface area (Å²) in [6.45, 7) is 3.24. The number of carbonyl (C=O) groups is 2. The summed E-state index contributed by atoms with van der Waals surface area (Å²) in [5.74, 6) is -0.436. The van der Waals surface area contributed by atoms with Crippen molar-refractivity contribution in [3.05, 3.63) is 44.9 Å². The van der Waals surface area contributed by atoms with E-state index < -0.39 is 0 Å². The van der Waals surface area contributed by atoms with Gasteiger partial charge < -0.3 is 0 Å². The molecule has 1 aromatic heterocycles. The predicted octanol–water partition coefficient (Wildman–Crippen LogP) is 3.68. The molecule has 0 radical (unpaired) electrons. The Labute approximate surface area is 140 Å². The van der Waals surface area contributed by atoms with Crippen LogP contribution in [0.15, 0.2) is 39.9 Å². The highest BCUT2D eigenvalue weighted by Crippen LogP contribution is 2.30. The summed E-state index contributed by atoms with van der Waals surface area (Å²) in [6.07, 6.45) is 0. The van der Waals surface area contributed by atoms with E-state index in [4.69, 9.17) is 11.6 Å². The maximum absolute atomic E-state index is 12.1. The van der Waals surface area contributed by atoms with Gasteiger partial charge >= 0.3 is 0 Å². The maximum atomic E-state index is 12.1. The normalized spacial score (nSPS) is 15.2. The van der Waals surface area contributed by atoms with Gasteiger partial charge in [0.05, 0.1) is 10.5 Å². The van der Waals surface area contributed by atoms with Crippen molar-refractivity contribution in [1.82, 2.24) is 9.99 Å². The topological polar surface area (TPSA) is 62.3 Å². The summed E-state index contributed by atoms with van der Waals surface area (Å²) in [7, 11) is 0. The highest BCUT2D eigenvalue weighted by molar-refractivity contribution is 9.10. The lowest BCUT2D eigenvalue weighted by atomic mass is 10.2. The van der Waals surface area contributed by atoms with Crippen LogP contribution < -0.4 is 5.43 Å². The quantitative estimate of drug-likeness (QED) is 0.807. The Balaban J connectivity index is 2.01. The first-order valence-electron chi connectivity index (χ1n) is 6.48. The van der Waals surface area contributed by atoms with Crippen molar-refractivity contribution in [3.63, 3.8) is 0 Å². The molecule has 1 N–H and O–H groups in total. The van der Waals surface area contributed by atoms with Crippen molar-refractivity contribution < 1.29 is 9.59 Å². The highest BCUT2D eigenvalue weighted by atomic mass is 79.9. The van der Waals surface area contributed by atoms with Gasteiger partial charge in [-0.25, -0.2) is 4.98 Å². The third kappa shape index (κ3) is 2.28. The smallest absolute Gasteiger partial charge is 0.271 e. The number of amides is 2. The number of nitrogens with one attached hydrogen (secondary N) is 1. The monoisotopic (exact) mass is 379 g/mol. The molecule has 0 unspecified atom stereocenters. The van der Waals surface area contributed by atoms with E-state index in [0.717, 1.165) is 14.9 Å².